The van der Waals surface area contributed by atoms with E-state index in [9.17, 15) is 0 Å². The Kier molecular flexibility index (Phi) is 4.00. The number of hydrogen-bond acceptors (Lipinski definition) is 3. The number of nitrogens with two attached hydrogens (primary N) is 1. The first kappa shape index (κ1) is 13.1. The van der Waals surface area contributed by atoms with E-state index in [0.29, 0.717) is 17.5 Å². The highest BCUT2D eigenvalue weighted by Crippen LogP contribution is 2.33. The minimum absolute atomic E-state index is 0.317. The van der Waals surface area contributed by atoms with Gasteiger partial charge in [-0.25, -0.2) is 0 Å². The standard InChI is InChI=1S/C15H23NO2/c1-10-6-11(2)8-13(7-10)18-12-4-5-14(16)15(9-12)17-3/h4-5,9-11,13H,6-8,16H2,1-3H3. The van der Waals surface area contributed by atoms with Gasteiger partial charge in [0, 0.05) is 6.07 Å². The molecular formula is C15H23NO2. The average Bonchev–Trinajstić information content (AvgIpc) is 2.30. The van der Waals surface area contributed by atoms with Crippen LogP contribution in [0.5, 0.6) is 11.5 Å². The maximum atomic E-state index is 6.06. The Morgan fingerprint density at radius 1 is 1.11 bits per heavy atom. The summed E-state index contributed by atoms with van der Waals surface area (Å²) in [7, 11) is 1.63. The molecule has 0 aliphatic heterocycles. The van der Waals surface area contributed by atoms with E-state index in [2.05, 4.69) is 13.8 Å². The minimum atomic E-state index is 0.317. The molecule has 3 heteroatoms. The van der Waals surface area contributed by atoms with Crippen LogP contribution in [0.15, 0.2) is 18.2 Å². The van der Waals surface area contributed by atoms with Gasteiger partial charge < -0.3 is 15.2 Å². The summed E-state index contributed by atoms with van der Waals surface area (Å²) in [6, 6.07) is 5.63. The van der Waals surface area contributed by atoms with Crippen molar-refractivity contribution in [1.82, 2.24) is 0 Å². The van der Waals surface area contributed by atoms with Gasteiger partial charge in [-0.1, -0.05) is 13.8 Å². The van der Waals surface area contributed by atoms with E-state index >= 15 is 0 Å². The molecule has 0 radical (unpaired) electrons. The number of rotatable bonds is 3. The van der Waals surface area contributed by atoms with Crippen LogP contribution in [-0.2, 0) is 0 Å². The van der Waals surface area contributed by atoms with Crippen LogP contribution in [0.1, 0.15) is 33.1 Å². The highest BCUT2D eigenvalue weighted by Gasteiger charge is 2.25. The molecule has 100 valence electrons. The molecule has 1 saturated carbocycles. The molecule has 2 unspecified atom stereocenters. The molecule has 2 atom stereocenters. The fourth-order valence-electron chi connectivity index (χ4n) is 2.93. The van der Waals surface area contributed by atoms with Gasteiger partial charge in [0.25, 0.3) is 0 Å². The second-order valence-electron chi connectivity index (χ2n) is 5.56. The van der Waals surface area contributed by atoms with Crippen molar-refractivity contribution in [2.45, 2.75) is 39.2 Å². The van der Waals surface area contributed by atoms with Gasteiger partial charge in [-0.2, -0.15) is 0 Å². The first-order valence-electron chi connectivity index (χ1n) is 6.68. The summed E-state index contributed by atoms with van der Waals surface area (Å²) in [6.45, 7) is 4.60. The van der Waals surface area contributed by atoms with Gasteiger partial charge in [-0.3, -0.25) is 0 Å². The van der Waals surface area contributed by atoms with Crippen molar-refractivity contribution >= 4 is 5.69 Å². The van der Waals surface area contributed by atoms with E-state index in [1.807, 2.05) is 18.2 Å². The smallest absolute Gasteiger partial charge is 0.145 e. The normalized spacial score (nSPS) is 27.8. The van der Waals surface area contributed by atoms with Crippen LogP contribution < -0.4 is 15.2 Å². The fraction of sp³-hybridized carbons (Fsp3) is 0.600. The molecule has 0 heterocycles. The monoisotopic (exact) mass is 249 g/mol. The third-order valence-corrected chi connectivity index (χ3v) is 3.64. The third-order valence-electron chi connectivity index (χ3n) is 3.64. The Labute approximate surface area is 109 Å². The zero-order valence-electron chi connectivity index (χ0n) is 11.5. The summed E-state index contributed by atoms with van der Waals surface area (Å²) in [5, 5.41) is 0. The van der Waals surface area contributed by atoms with Crippen molar-refractivity contribution in [3.63, 3.8) is 0 Å². The predicted octanol–water partition coefficient (Wildman–Crippen LogP) is 3.48. The number of ether oxygens (including phenoxy) is 2. The van der Waals surface area contributed by atoms with Crippen molar-refractivity contribution in [2.75, 3.05) is 12.8 Å². The molecule has 1 aromatic rings. The van der Waals surface area contributed by atoms with Gasteiger partial charge in [0.15, 0.2) is 0 Å². The molecule has 0 bridgehead atoms. The fourth-order valence-corrected chi connectivity index (χ4v) is 2.93. The molecular weight excluding hydrogens is 226 g/mol. The maximum absolute atomic E-state index is 6.06. The zero-order valence-corrected chi connectivity index (χ0v) is 11.5. The van der Waals surface area contributed by atoms with Crippen LogP contribution in [0.3, 0.4) is 0 Å². The number of nitrogen functional groups attached to an aromatic ring is 1. The largest absolute Gasteiger partial charge is 0.494 e. The molecule has 18 heavy (non-hydrogen) atoms. The lowest BCUT2D eigenvalue weighted by Gasteiger charge is -2.31. The van der Waals surface area contributed by atoms with Crippen molar-refractivity contribution in [2.24, 2.45) is 11.8 Å². The van der Waals surface area contributed by atoms with Crippen LogP contribution in [0.25, 0.3) is 0 Å². The quantitative estimate of drug-likeness (QED) is 0.834. The highest BCUT2D eigenvalue weighted by molar-refractivity contribution is 5.55. The Bertz CT molecular complexity index is 395. The van der Waals surface area contributed by atoms with E-state index < -0.39 is 0 Å². The molecule has 0 saturated heterocycles. The molecule has 0 amide bonds. The van der Waals surface area contributed by atoms with Gasteiger partial charge in [-0.05, 0) is 43.2 Å². The topological polar surface area (TPSA) is 44.5 Å². The highest BCUT2D eigenvalue weighted by atomic mass is 16.5. The van der Waals surface area contributed by atoms with Gasteiger partial charge >= 0.3 is 0 Å². The van der Waals surface area contributed by atoms with E-state index in [4.69, 9.17) is 15.2 Å². The van der Waals surface area contributed by atoms with Crippen molar-refractivity contribution in [3.8, 4) is 11.5 Å². The van der Waals surface area contributed by atoms with Crippen LogP contribution in [0.2, 0.25) is 0 Å². The first-order valence-corrected chi connectivity index (χ1v) is 6.68. The summed E-state index contributed by atoms with van der Waals surface area (Å²) < 4.78 is 11.3. The van der Waals surface area contributed by atoms with Crippen LogP contribution in [0, 0.1) is 11.8 Å². The predicted molar refractivity (Wildman–Crippen MR) is 74.0 cm³/mol. The third kappa shape index (κ3) is 3.09. The molecule has 0 spiro atoms. The van der Waals surface area contributed by atoms with E-state index in [0.717, 1.165) is 30.4 Å². The Balaban J connectivity index is 2.04. The molecule has 2 rings (SSSR count). The Morgan fingerprint density at radius 2 is 1.78 bits per heavy atom. The number of hydrogen-bond donors (Lipinski definition) is 1. The lowest BCUT2D eigenvalue weighted by atomic mass is 9.82. The van der Waals surface area contributed by atoms with Gasteiger partial charge in [0.2, 0.25) is 0 Å². The van der Waals surface area contributed by atoms with E-state index in [1.54, 1.807) is 7.11 Å². The van der Waals surface area contributed by atoms with Gasteiger partial charge in [0.1, 0.15) is 11.5 Å². The molecule has 2 N–H and O–H groups in total. The van der Waals surface area contributed by atoms with Gasteiger partial charge in [-0.15, -0.1) is 0 Å². The number of benzene rings is 1. The second-order valence-corrected chi connectivity index (χ2v) is 5.56. The summed E-state index contributed by atoms with van der Waals surface area (Å²) in [6.07, 6.45) is 3.90. The van der Waals surface area contributed by atoms with Crippen LogP contribution in [-0.4, -0.2) is 13.2 Å². The minimum Gasteiger partial charge on any atom is -0.494 e. The van der Waals surface area contributed by atoms with Crippen molar-refractivity contribution in [1.29, 1.82) is 0 Å². The molecule has 0 aromatic heterocycles. The molecule has 1 aliphatic carbocycles. The molecule has 1 aromatic carbocycles. The van der Waals surface area contributed by atoms with E-state index in [-0.39, 0.29) is 0 Å². The second kappa shape index (κ2) is 5.51. The number of anilines is 1. The Morgan fingerprint density at radius 3 is 2.39 bits per heavy atom. The summed E-state index contributed by atoms with van der Waals surface area (Å²) in [5.41, 5.74) is 6.45. The lowest BCUT2D eigenvalue weighted by Crippen LogP contribution is -2.28. The van der Waals surface area contributed by atoms with Crippen molar-refractivity contribution < 1.29 is 9.47 Å². The van der Waals surface area contributed by atoms with Gasteiger partial charge in [0.05, 0.1) is 18.9 Å². The maximum Gasteiger partial charge on any atom is 0.145 e. The average molecular weight is 249 g/mol. The molecule has 1 fully saturated rings. The zero-order chi connectivity index (χ0) is 13.1. The Hall–Kier alpha value is -1.38. The number of methoxy groups -OCH3 is 1. The summed E-state index contributed by atoms with van der Waals surface area (Å²) in [4.78, 5) is 0. The summed E-state index contributed by atoms with van der Waals surface area (Å²) >= 11 is 0. The SMILES string of the molecule is COc1cc(OC2CC(C)CC(C)C2)ccc1N. The lowest BCUT2D eigenvalue weighted by molar-refractivity contribution is 0.101. The van der Waals surface area contributed by atoms with Crippen molar-refractivity contribution in [3.05, 3.63) is 18.2 Å². The summed E-state index contributed by atoms with van der Waals surface area (Å²) in [5.74, 6) is 3.03. The molecule has 1 aliphatic rings. The van der Waals surface area contributed by atoms with E-state index in [1.165, 1.54) is 6.42 Å². The first-order chi connectivity index (χ1) is 8.58. The molecule has 3 nitrogen and oxygen atoms in total. The van der Waals surface area contributed by atoms with Crippen LogP contribution in [0.4, 0.5) is 5.69 Å². The van der Waals surface area contributed by atoms with Crippen LogP contribution >= 0.6 is 0 Å².